The molecule has 1 aromatic rings. The maximum absolute atomic E-state index is 5.68. The van der Waals surface area contributed by atoms with Crippen molar-refractivity contribution < 1.29 is 4.74 Å². The number of benzene rings is 1. The molecule has 1 saturated carbocycles. The Labute approximate surface area is 205 Å². The molecule has 7 heteroatoms. The lowest BCUT2D eigenvalue weighted by Gasteiger charge is -2.28. The average Bonchev–Trinajstić information content (AvgIpc) is 3.27. The molecule has 4 rings (SSSR count). The Morgan fingerprint density at radius 3 is 2.61 bits per heavy atom. The van der Waals surface area contributed by atoms with Crippen molar-refractivity contribution in [3.63, 3.8) is 0 Å². The maximum Gasteiger partial charge on any atom is 0.191 e. The Morgan fingerprint density at radius 2 is 1.90 bits per heavy atom. The number of aliphatic imine (C=N–C) groups is 1. The largest absolute Gasteiger partial charge is 0.496 e. The average molecular weight is 542 g/mol. The summed E-state index contributed by atoms with van der Waals surface area (Å²) in [5.41, 5.74) is 1.25. The topological polar surface area (TPSA) is 52.1 Å². The SMILES string of the molecule is CCNC(=NCC(c1ccccc1OC)N1CCCC1)NCC1CCN(C2CC2)C1.I. The van der Waals surface area contributed by atoms with Crippen molar-refractivity contribution in [3.05, 3.63) is 29.8 Å². The van der Waals surface area contributed by atoms with Crippen molar-refractivity contribution in [2.75, 3.05) is 52.9 Å². The molecule has 2 aliphatic heterocycles. The van der Waals surface area contributed by atoms with Gasteiger partial charge in [0.25, 0.3) is 0 Å². The zero-order valence-electron chi connectivity index (χ0n) is 19.2. The smallest absolute Gasteiger partial charge is 0.191 e. The number of hydrogen-bond donors (Lipinski definition) is 2. The molecule has 31 heavy (non-hydrogen) atoms. The van der Waals surface area contributed by atoms with Gasteiger partial charge < -0.3 is 20.3 Å². The summed E-state index contributed by atoms with van der Waals surface area (Å²) in [4.78, 5) is 10.3. The second-order valence-corrected chi connectivity index (χ2v) is 8.98. The van der Waals surface area contributed by atoms with Crippen molar-refractivity contribution in [1.29, 1.82) is 0 Å². The van der Waals surface area contributed by atoms with Gasteiger partial charge >= 0.3 is 0 Å². The fraction of sp³-hybridized carbons (Fsp3) is 0.708. The quantitative estimate of drug-likeness (QED) is 0.285. The first-order valence-corrected chi connectivity index (χ1v) is 11.9. The van der Waals surface area contributed by atoms with Crippen LogP contribution in [0.3, 0.4) is 0 Å². The Bertz CT molecular complexity index is 705. The fourth-order valence-corrected chi connectivity index (χ4v) is 4.97. The highest BCUT2D eigenvalue weighted by molar-refractivity contribution is 14.0. The number of halogens is 1. The summed E-state index contributed by atoms with van der Waals surface area (Å²) in [7, 11) is 1.77. The summed E-state index contributed by atoms with van der Waals surface area (Å²) >= 11 is 0. The molecule has 2 N–H and O–H groups in total. The number of nitrogens with zero attached hydrogens (tertiary/aromatic N) is 3. The molecule has 2 unspecified atom stereocenters. The summed E-state index contributed by atoms with van der Waals surface area (Å²) < 4.78 is 5.68. The number of hydrogen-bond acceptors (Lipinski definition) is 4. The minimum Gasteiger partial charge on any atom is -0.496 e. The molecular weight excluding hydrogens is 501 g/mol. The van der Waals surface area contributed by atoms with Gasteiger partial charge in [-0.1, -0.05) is 18.2 Å². The third-order valence-electron chi connectivity index (χ3n) is 6.78. The normalized spacial score (nSPS) is 23.4. The van der Waals surface area contributed by atoms with Gasteiger partial charge in [0.15, 0.2) is 5.96 Å². The van der Waals surface area contributed by atoms with Gasteiger partial charge in [0.05, 0.1) is 19.7 Å². The number of methoxy groups -OCH3 is 1. The third kappa shape index (κ3) is 6.71. The van der Waals surface area contributed by atoms with E-state index in [4.69, 9.17) is 9.73 Å². The standard InChI is InChI=1S/C24H39N5O.HI/c1-3-25-24(26-16-19-12-15-29(18-19)20-10-11-20)27-17-22(28-13-6-7-14-28)21-8-4-5-9-23(21)30-2;/h4-5,8-9,19-20,22H,3,6-7,10-18H2,1-2H3,(H2,25,26,27);1H. The number of nitrogens with one attached hydrogen (secondary N) is 2. The zero-order chi connectivity index (χ0) is 20.8. The van der Waals surface area contributed by atoms with Crippen molar-refractivity contribution in [1.82, 2.24) is 20.4 Å². The van der Waals surface area contributed by atoms with Crippen LogP contribution in [0.2, 0.25) is 0 Å². The van der Waals surface area contributed by atoms with E-state index in [1.165, 1.54) is 50.8 Å². The molecule has 0 radical (unpaired) electrons. The van der Waals surface area contributed by atoms with Gasteiger partial charge in [-0.05, 0) is 70.6 Å². The Kier molecular flexibility index (Phi) is 9.72. The van der Waals surface area contributed by atoms with Crippen LogP contribution < -0.4 is 15.4 Å². The second kappa shape index (κ2) is 12.3. The van der Waals surface area contributed by atoms with Crippen molar-refractivity contribution in [2.24, 2.45) is 10.9 Å². The van der Waals surface area contributed by atoms with Gasteiger partial charge in [-0.3, -0.25) is 9.89 Å². The van der Waals surface area contributed by atoms with Gasteiger partial charge in [-0.25, -0.2) is 0 Å². The molecule has 0 amide bonds. The predicted octanol–water partition coefficient (Wildman–Crippen LogP) is 3.49. The lowest BCUT2D eigenvalue weighted by atomic mass is 10.0. The Hall–Kier alpha value is -1.06. The Balaban J connectivity index is 0.00000272. The highest BCUT2D eigenvalue weighted by atomic mass is 127. The zero-order valence-corrected chi connectivity index (χ0v) is 21.5. The number of ether oxygens (including phenoxy) is 1. The molecule has 2 saturated heterocycles. The van der Waals surface area contributed by atoms with E-state index in [0.717, 1.165) is 56.4 Å². The van der Waals surface area contributed by atoms with Crippen LogP contribution in [0.1, 0.15) is 50.6 Å². The van der Waals surface area contributed by atoms with Crippen molar-refractivity contribution >= 4 is 29.9 Å². The van der Waals surface area contributed by atoms with E-state index >= 15 is 0 Å². The molecule has 1 aromatic carbocycles. The highest BCUT2D eigenvalue weighted by Gasteiger charge is 2.34. The minimum absolute atomic E-state index is 0. The van der Waals surface area contributed by atoms with E-state index in [-0.39, 0.29) is 30.0 Å². The molecule has 174 valence electrons. The summed E-state index contributed by atoms with van der Waals surface area (Å²) in [6, 6.07) is 9.57. The lowest BCUT2D eigenvalue weighted by molar-refractivity contribution is 0.245. The summed E-state index contributed by atoms with van der Waals surface area (Å²) in [5.74, 6) is 2.65. The van der Waals surface area contributed by atoms with E-state index in [2.05, 4.69) is 45.6 Å². The van der Waals surface area contributed by atoms with Gasteiger partial charge in [0, 0.05) is 31.2 Å². The number of guanidine groups is 1. The fourth-order valence-electron chi connectivity index (χ4n) is 4.97. The Morgan fingerprint density at radius 1 is 1.13 bits per heavy atom. The lowest BCUT2D eigenvalue weighted by Crippen LogP contribution is -2.41. The molecule has 3 fully saturated rings. The summed E-state index contributed by atoms with van der Waals surface area (Å²) in [5, 5.41) is 7.09. The first kappa shape index (κ1) is 24.6. The highest BCUT2D eigenvalue weighted by Crippen LogP contribution is 2.32. The summed E-state index contributed by atoms with van der Waals surface area (Å²) in [6.07, 6.45) is 6.66. The van der Waals surface area contributed by atoms with Crippen molar-refractivity contribution in [2.45, 2.75) is 51.1 Å². The van der Waals surface area contributed by atoms with Crippen LogP contribution in [0, 0.1) is 5.92 Å². The van der Waals surface area contributed by atoms with E-state index in [0.29, 0.717) is 0 Å². The van der Waals surface area contributed by atoms with Crippen LogP contribution in [0.4, 0.5) is 0 Å². The summed E-state index contributed by atoms with van der Waals surface area (Å²) in [6.45, 7) is 9.58. The first-order valence-electron chi connectivity index (χ1n) is 11.9. The van der Waals surface area contributed by atoms with E-state index < -0.39 is 0 Å². The van der Waals surface area contributed by atoms with Gasteiger partial charge in [-0.15, -0.1) is 24.0 Å². The van der Waals surface area contributed by atoms with Crippen LogP contribution in [-0.4, -0.2) is 74.7 Å². The molecule has 2 heterocycles. The molecular formula is C24H40IN5O. The second-order valence-electron chi connectivity index (χ2n) is 8.98. The molecule has 6 nitrogen and oxygen atoms in total. The number of para-hydroxylation sites is 1. The van der Waals surface area contributed by atoms with Gasteiger partial charge in [0.2, 0.25) is 0 Å². The number of rotatable bonds is 9. The van der Waals surface area contributed by atoms with Crippen LogP contribution in [0.15, 0.2) is 29.3 Å². The molecule has 0 bridgehead atoms. The monoisotopic (exact) mass is 541 g/mol. The van der Waals surface area contributed by atoms with Crippen LogP contribution in [0.25, 0.3) is 0 Å². The predicted molar refractivity (Wildman–Crippen MR) is 139 cm³/mol. The maximum atomic E-state index is 5.68. The molecule has 0 spiro atoms. The van der Waals surface area contributed by atoms with E-state index in [1.54, 1.807) is 7.11 Å². The molecule has 3 aliphatic rings. The van der Waals surface area contributed by atoms with E-state index in [9.17, 15) is 0 Å². The van der Waals surface area contributed by atoms with Crippen LogP contribution in [-0.2, 0) is 0 Å². The third-order valence-corrected chi connectivity index (χ3v) is 6.78. The van der Waals surface area contributed by atoms with Crippen LogP contribution >= 0.6 is 24.0 Å². The van der Waals surface area contributed by atoms with Crippen LogP contribution in [0.5, 0.6) is 5.75 Å². The molecule has 2 atom stereocenters. The molecule has 0 aromatic heterocycles. The minimum atomic E-state index is 0. The van der Waals surface area contributed by atoms with Gasteiger partial charge in [0.1, 0.15) is 5.75 Å². The van der Waals surface area contributed by atoms with E-state index in [1.807, 2.05) is 6.07 Å². The number of likely N-dealkylation sites (tertiary alicyclic amines) is 2. The first-order chi connectivity index (χ1) is 14.8. The van der Waals surface area contributed by atoms with Gasteiger partial charge in [-0.2, -0.15) is 0 Å². The van der Waals surface area contributed by atoms with Crippen molar-refractivity contribution in [3.8, 4) is 5.75 Å². The molecule has 1 aliphatic carbocycles.